The predicted octanol–water partition coefficient (Wildman–Crippen LogP) is -2.54. The first-order valence-electron chi connectivity index (χ1n) is 39.2. The Morgan fingerprint density at radius 1 is 0.351 bits per heavy atom. The Bertz CT molecular complexity index is 6740. The lowest BCUT2D eigenvalue weighted by molar-refractivity contribution is -0.0609. The molecule has 0 bridgehead atoms. The average molecular weight is 2040 g/mol. The van der Waals surface area contributed by atoms with Crippen LogP contribution in [-0.2, 0) is 119 Å². The van der Waals surface area contributed by atoms with Crippen LogP contribution in [0.15, 0.2) is 80.1 Å². The Hall–Kier alpha value is -9.35. The Labute approximate surface area is 743 Å². The quantitative estimate of drug-likeness (QED) is 0.0139. The number of aromatic amines is 3. The molecule has 16 heterocycles. The van der Waals surface area contributed by atoms with E-state index in [-0.39, 0.29) is 86.4 Å². The van der Waals surface area contributed by atoms with E-state index in [2.05, 4.69) is 74.3 Å². The van der Waals surface area contributed by atoms with Crippen molar-refractivity contribution < 1.29 is 163 Å². The van der Waals surface area contributed by atoms with Gasteiger partial charge in [0, 0.05) is 50.9 Å². The van der Waals surface area contributed by atoms with Gasteiger partial charge in [0.2, 0.25) is 17.8 Å². The van der Waals surface area contributed by atoms with E-state index in [0.717, 1.165) is 49.6 Å². The van der Waals surface area contributed by atoms with E-state index in [4.69, 9.17) is 117 Å². The van der Waals surface area contributed by atoms with E-state index in [1.807, 2.05) is 0 Å². The number of nitrogens with one attached hydrogen (secondary N) is 3. The third-order valence-electron chi connectivity index (χ3n) is 21.0. The molecule has 730 valence electrons. The molecule has 24 N–H and O–H groups in total. The summed E-state index contributed by atoms with van der Waals surface area (Å²) in [7, 11) is -37.8. The minimum absolute atomic E-state index is 0.00822. The number of rotatable bonds is 40. The highest BCUT2D eigenvalue weighted by Gasteiger charge is 2.52. The lowest BCUT2D eigenvalue weighted by atomic mass is 10.2. The number of H-pyrrole nitrogens is 3. The molecule has 6 aliphatic heterocycles. The van der Waals surface area contributed by atoms with Crippen molar-refractivity contribution >= 4 is 135 Å². The van der Waals surface area contributed by atoms with E-state index in [9.17, 15) is 100 Å². The summed E-state index contributed by atoms with van der Waals surface area (Å²) < 4.78 is 208. The number of phosphoric acid groups is 7. The summed E-state index contributed by atoms with van der Waals surface area (Å²) in [6, 6.07) is 2.42. The monoisotopic (exact) mass is 2030 g/mol. The number of hydrogen-bond acceptors (Lipinski definition) is 49. The van der Waals surface area contributed by atoms with Crippen molar-refractivity contribution in [2.24, 2.45) is 0 Å². The second kappa shape index (κ2) is 38.9. The van der Waals surface area contributed by atoms with Crippen LogP contribution in [0.4, 0.5) is 35.3 Å². The summed E-state index contributed by atoms with van der Waals surface area (Å²) in [5.74, 6) is -1.51. The van der Waals surface area contributed by atoms with Crippen LogP contribution in [0.3, 0.4) is 0 Å². The second-order valence-corrected chi connectivity index (χ2v) is 39.8. The molecular formula is C61H81N26O40P7. The first-order chi connectivity index (χ1) is 63.2. The summed E-state index contributed by atoms with van der Waals surface area (Å²) in [4.78, 5) is 201. The maximum absolute atomic E-state index is 14.3. The molecule has 66 nitrogen and oxygen atoms in total. The molecule has 6 aliphatic rings. The molecule has 0 amide bonds. The van der Waals surface area contributed by atoms with Crippen LogP contribution in [-0.4, -0.2) is 268 Å². The lowest BCUT2D eigenvalue weighted by Crippen LogP contribution is -2.31. The Kier molecular flexibility index (Phi) is 28.4. The zero-order chi connectivity index (χ0) is 95.6. The fourth-order valence-corrected chi connectivity index (χ4v) is 20.9. The molecule has 10 aromatic heterocycles. The number of ether oxygens (including phenoxy) is 6. The average Bonchev–Trinajstić information content (AvgIpc) is 1.64. The number of phosphoric ester groups is 7. The van der Waals surface area contributed by atoms with Gasteiger partial charge in [0.1, 0.15) is 128 Å². The maximum Gasteiger partial charge on any atom is 0.472 e. The number of aliphatic hydroxyl groups is 1. The van der Waals surface area contributed by atoms with E-state index < -0.39 is 285 Å². The first kappa shape index (κ1) is 97.7. The fourth-order valence-electron chi connectivity index (χ4n) is 15.0. The highest BCUT2D eigenvalue weighted by molar-refractivity contribution is 7.49. The zero-order valence-electron chi connectivity index (χ0n) is 68.1. The topological polar surface area (TPSA) is 937 Å². The SMILES string of the molecule is Nc1ccn([C@H]2C[C@H](OP(=O)(O)OC[C@H]3O[C@@H](n4cnc5c(=O)[nH]c(N)nc54)C[C@@H]3OP(=O)(O)OC[C@H]3O[C@@H](n4cnc5c(N)ncnc54)C[C@@H]3OP(=O)(O)OCCCOP(=O)(O)OC[C@H]3O[C@@H](n4cnc5c(=O)[nH]c(N)nc54)C[C@@H]3OP(=O)(O)OC[C@H]3O[C@@H](n4ccc(N)nc4=O)C[C@@H]3OP(=O)(O)OC[C@H]3O[C@@H](n4cnc5c(=O)[nH]c(N)nc54)C[C@@H]3O)[C@@H](COP(=O)(O)O)O2)c(=O)n1. The molecule has 6 saturated heterocycles. The van der Waals surface area contributed by atoms with Gasteiger partial charge in [0.05, 0.1) is 84.3 Å². The molecule has 10 aromatic rings. The van der Waals surface area contributed by atoms with Gasteiger partial charge in [0.15, 0.2) is 45.0 Å². The third-order valence-corrected chi connectivity index (χ3v) is 27.5. The summed E-state index contributed by atoms with van der Waals surface area (Å²) in [6.45, 7) is -7.67. The van der Waals surface area contributed by atoms with Crippen molar-refractivity contribution in [1.29, 1.82) is 0 Å². The second-order valence-electron chi connectivity index (χ2n) is 30.1. The molecule has 134 heavy (non-hydrogen) atoms. The van der Waals surface area contributed by atoms with Gasteiger partial charge in [-0.05, 0) is 18.6 Å². The predicted molar refractivity (Wildman–Crippen MR) is 438 cm³/mol. The lowest BCUT2D eigenvalue weighted by Gasteiger charge is -2.25. The van der Waals surface area contributed by atoms with Crippen LogP contribution in [0, 0.1) is 0 Å². The number of fused-ring (bicyclic) bond motifs is 4. The summed E-state index contributed by atoms with van der Waals surface area (Å²) in [5.41, 5.74) is 29.7. The van der Waals surface area contributed by atoms with Crippen molar-refractivity contribution in [3.05, 3.63) is 108 Å². The van der Waals surface area contributed by atoms with Crippen LogP contribution in [0.1, 0.15) is 82.3 Å². The van der Waals surface area contributed by atoms with Crippen molar-refractivity contribution in [3.8, 4) is 0 Å². The minimum Gasteiger partial charge on any atom is -0.390 e. The summed E-state index contributed by atoms with van der Waals surface area (Å²) in [6.07, 6.45) is -22.5. The Balaban J connectivity index is 0.555. The Morgan fingerprint density at radius 2 is 0.642 bits per heavy atom. The standard InChI is InChI=1S/C61H81N26O40P7/c62-37-2-4-82(60(92)74-37)40-9-26(32(118-40)15-111-128(94,95)96)124-132(103,104)116-19-36-30(13-44(122-36)87-24-73-48-53(87)78-59(67)81-56(48)91)127-134(107,108)115-18-35-28(11-42(120-35)84-21-70-45-49(64)68-20-69-50(45)84)123-130(99,100)110-7-1-6-109-129(97,98)112-16-33-29(12-43(121-33)86-23-72-47-52(86)77-58(66)80-55(47)90)126-133(105,106)114-17-34-27(10-41(119-34)83-5-3-38(63)75-61(83)93)125-131(101,102)113-14-31-25(88)8-39(117-31)85-22-71-46-51(85)76-57(65)79-54(46)89/h2-5,20-36,39-44,88H,1,6-19H2,(H,97,98)(H,99,100)(H,101,102)(H,103,104)(H,105,106)(H,107,108)(H2,62,74,92)(H2,63,75,93)(H2,64,68,69)(H2,94,95,96)(H3,65,76,79,89)(H3,66,77,80,90)(H3,67,78,81,91)/t25-,26-,27-,28-,29-,30-,31+,32+,33+,34+,35+,36+,39+,40+,41+,42+,43+,44+/m0/s1. The third kappa shape index (κ3) is 22.9. The number of aliphatic hydroxyl groups excluding tert-OH is 1. The van der Waals surface area contributed by atoms with Gasteiger partial charge in [-0.1, -0.05) is 0 Å². The smallest absolute Gasteiger partial charge is 0.390 e. The molecule has 0 radical (unpaired) electrons. The maximum atomic E-state index is 14.3. The van der Waals surface area contributed by atoms with Gasteiger partial charge < -0.3 is 107 Å². The molecule has 16 rings (SSSR count). The highest BCUT2D eigenvalue weighted by atomic mass is 31.2. The molecule has 0 spiro atoms. The molecule has 0 aromatic carbocycles. The van der Waals surface area contributed by atoms with E-state index >= 15 is 0 Å². The van der Waals surface area contributed by atoms with E-state index in [1.54, 1.807) is 0 Å². The molecule has 73 heteroatoms. The molecular weight excluding hydrogens is 1950 g/mol. The number of nitrogens with zero attached hydrogens (tertiary/aromatic N) is 17. The van der Waals surface area contributed by atoms with Gasteiger partial charge in [-0.3, -0.25) is 116 Å². The van der Waals surface area contributed by atoms with Gasteiger partial charge in [-0.15, -0.1) is 0 Å². The fraction of sp³-hybridized carbons (Fsp3) is 0.541. The molecule has 0 aliphatic carbocycles. The number of imidazole rings is 4. The molecule has 24 atom stereocenters. The van der Waals surface area contributed by atoms with Crippen molar-refractivity contribution in [2.45, 2.75) is 156 Å². The molecule has 0 saturated carbocycles. The first-order valence-corrected chi connectivity index (χ1v) is 49.7. The van der Waals surface area contributed by atoms with Gasteiger partial charge in [-0.25, -0.2) is 71.4 Å². The van der Waals surface area contributed by atoms with Crippen molar-refractivity contribution in [2.75, 3.05) is 87.3 Å². The van der Waals surface area contributed by atoms with Crippen molar-refractivity contribution in [1.82, 2.24) is 97.2 Å². The van der Waals surface area contributed by atoms with Crippen LogP contribution in [0.25, 0.3) is 44.7 Å². The number of nitrogens with two attached hydrogens (primary N) is 6. The van der Waals surface area contributed by atoms with Gasteiger partial charge in [0.25, 0.3) is 16.7 Å². The molecule has 6 unspecified atom stereocenters. The Morgan fingerprint density at radius 3 is 0.993 bits per heavy atom. The summed E-state index contributed by atoms with van der Waals surface area (Å²) >= 11 is 0. The number of hydrogen-bond donors (Lipinski definition) is 18. The molecule has 6 fully saturated rings. The zero-order valence-corrected chi connectivity index (χ0v) is 74.3. The van der Waals surface area contributed by atoms with Gasteiger partial charge >= 0.3 is 66.1 Å². The van der Waals surface area contributed by atoms with Crippen LogP contribution < -0.4 is 62.5 Å². The number of aromatic nitrogens is 20. The van der Waals surface area contributed by atoms with Crippen molar-refractivity contribution in [3.63, 3.8) is 0 Å². The number of anilines is 6. The van der Waals surface area contributed by atoms with E-state index in [1.165, 1.54) is 33.9 Å². The largest absolute Gasteiger partial charge is 0.472 e. The van der Waals surface area contributed by atoms with Gasteiger partial charge in [-0.2, -0.15) is 24.9 Å². The van der Waals surface area contributed by atoms with Crippen LogP contribution >= 0.6 is 54.8 Å². The minimum atomic E-state index is -5.57. The normalized spacial score (nSPS) is 28.5. The van der Waals surface area contributed by atoms with E-state index in [0.29, 0.717) is 0 Å². The summed E-state index contributed by atoms with van der Waals surface area (Å²) in [5, 5.41) is 11.0. The highest BCUT2D eigenvalue weighted by Crippen LogP contribution is 2.57. The van der Waals surface area contributed by atoms with Crippen LogP contribution in [0.5, 0.6) is 0 Å². The number of nitrogen functional groups attached to an aromatic ring is 6. The van der Waals surface area contributed by atoms with Crippen LogP contribution in [0.2, 0.25) is 0 Å².